The zero-order chi connectivity index (χ0) is 27.1. The molecule has 1 atom stereocenters. The fraction of sp³-hybridized carbons (Fsp3) is 0.125. The van der Waals surface area contributed by atoms with E-state index in [2.05, 4.69) is 5.10 Å². The number of aromatic nitrogens is 2. The zero-order valence-corrected chi connectivity index (χ0v) is 21.9. The Labute approximate surface area is 215 Å². The second-order valence-electron chi connectivity index (χ2n) is 8.17. The molecular weight excluding hydrogens is 544 g/mol. The fourth-order valence-corrected chi connectivity index (χ4v) is 5.66. The number of rotatable bonds is 7. The van der Waals surface area contributed by atoms with Crippen molar-refractivity contribution >= 4 is 31.0 Å². The van der Waals surface area contributed by atoms with Crippen molar-refractivity contribution in [1.82, 2.24) is 9.78 Å². The van der Waals surface area contributed by atoms with E-state index in [4.69, 9.17) is 5.14 Å². The van der Waals surface area contributed by atoms with Gasteiger partial charge in [-0.3, -0.25) is 0 Å². The van der Waals surface area contributed by atoms with Crippen LogP contribution in [0.4, 0.5) is 8.78 Å². The van der Waals surface area contributed by atoms with Gasteiger partial charge in [0.15, 0.2) is 14.7 Å². The minimum atomic E-state index is -4.25. The molecule has 1 heterocycles. The molecule has 4 aromatic rings. The lowest BCUT2D eigenvalue weighted by molar-refractivity contribution is 0.145. The molecule has 3 aromatic carbocycles. The van der Waals surface area contributed by atoms with Crippen LogP contribution in [0.25, 0.3) is 28.1 Å². The van der Waals surface area contributed by atoms with Gasteiger partial charge in [0.05, 0.1) is 21.2 Å². The van der Waals surface area contributed by atoms with Crippen molar-refractivity contribution in [2.24, 2.45) is 5.14 Å². The molecule has 0 amide bonds. The number of alkyl halides is 2. The second kappa shape index (κ2) is 9.99. The molecular formula is C24H21F2N3O5S3. The summed E-state index contributed by atoms with van der Waals surface area (Å²) in [6, 6.07) is 17.4. The molecule has 8 nitrogen and oxygen atoms in total. The maximum atomic E-state index is 13.6. The molecule has 0 aliphatic heterocycles. The third-order valence-corrected chi connectivity index (χ3v) is 8.56. The lowest BCUT2D eigenvalue weighted by Gasteiger charge is -2.13. The van der Waals surface area contributed by atoms with Gasteiger partial charge in [-0.2, -0.15) is 5.10 Å². The van der Waals surface area contributed by atoms with E-state index in [1.807, 2.05) is 0 Å². The molecule has 0 bridgehead atoms. The second-order valence-corrected chi connectivity index (χ2v) is 13.1. The van der Waals surface area contributed by atoms with Crippen LogP contribution in [0.2, 0.25) is 0 Å². The summed E-state index contributed by atoms with van der Waals surface area (Å²) in [7, 11) is -7.73. The highest BCUT2D eigenvalue weighted by atomic mass is 32.2. The number of sulfonamides is 1. The standard InChI is InChI=1S/C24H21F2N3O5S3/c1-35(30)18-8-3-15(4-9-18)20-12-5-16(13-23(20)37(27,33)34)22-14-21(24(25)26)28-29(22)17-6-10-19(11-7-17)36(2,31)32/h3-14,24H,1-2H3,(H2,27,33,34). The van der Waals surface area contributed by atoms with Crippen LogP contribution in [0.3, 0.4) is 0 Å². The first-order chi connectivity index (χ1) is 17.3. The third kappa shape index (κ3) is 5.75. The Morgan fingerprint density at radius 1 is 0.919 bits per heavy atom. The van der Waals surface area contributed by atoms with Crippen molar-refractivity contribution in [2.45, 2.75) is 21.1 Å². The first kappa shape index (κ1) is 26.9. The summed E-state index contributed by atoms with van der Waals surface area (Å²) < 4.78 is 88.6. The van der Waals surface area contributed by atoms with Crippen LogP contribution in [0, 0.1) is 0 Å². The van der Waals surface area contributed by atoms with Gasteiger partial charge in [0.1, 0.15) is 11.9 Å². The Morgan fingerprint density at radius 2 is 1.51 bits per heavy atom. The van der Waals surface area contributed by atoms with Crippen LogP contribution < -0.4 is 5.14 Å². The molecule has 0 saturated heterocycles. The average Bonchev–Trinajstić information content (AvgIpc) is 3.29. The van der Waals surface area contributed by atoms with E-state index in [-0.39, 0.29) is 26.6 Å². The van der Waals surface area contributed by atoms with Gasteiger partial charge in [-0.1, -0.05) is 12.1 Å². The van der Waals surface area contributed by atoms with Crippen LogP contribution in [0.5, 0.6) is 0 Å². The van der Waals surface area contributed by atoms with Crippen LogP contribution in [0.15, 0.2) is 87.5 Å². The molecule has 0 fully saturated rings. The van der Waals surface area contributed by atoms with Crippen molar-refractivity contribution < 1.29 is 30.2 Å². The van der Waals surface area contributed by atoms with Crippen molar-refractivity contribution in [3.63, 3.8) is 0 Å². The number of nitrogens with two attached hydrogens (primary N) is 1. The maximum absolute atomic E-state index is 13.6. The monoisotopic (exact) mass is 565 g/mol. The Bertz CT molecular complexity index is 1670. The predicted octanol–water partition coefficient (Wildman–Crippen LogP) is 3.93. The lowest BCUT2D eigenvalue weighted by Crippen LogP contribution is -2.14. The van der Waals surface area contributed by atoms with Crippen molar-refractivity contribution in [1.29, 1.82) is 0 Å². The lowest BCUT2D eigenvalue weighted by atomic mass is 10.0. The van der Waals surface area contributed by atoms with Crippen molar-refractivity contribution in [2.75, 3.05) is 12.5 Å². The molecule has 37 heavy (non-hydrogen) atoms. The van der Waals surface area contributed by atoms with Gasteiger partial charge in [-0.05, 0) is 77.4 Å². The number of hydrogen-bond acceptors (Lipinski definition) is 6. The van der Waals surface area contributed by atoms with Gasteiger partial charge in [0.25, 0.3) is 6.43 Å². The van der Waals surface area contributed by atoms with Crippen molar-refractivity contribution in [3.05, 3.63) is 78.5 Å². The maximum Gasteiger partial charge on any atom is 0.282 e. The summed E-state index contributed by atoms with van der Waals surface area (Å²) in [5.74, 6) is 0. The van der Waals surface area contributed by atoms with E-state index in [1.54, 1.807) is 30.3 Å². The summed E-state index contributed by atoms with van der Waals surface area (Å²) in [5, 5.41) is 9.46. The van der Waals surface area contributed by atoms with E-state index in [0.717, 1.165) is 12.3 Å². The van der Waals surface area contributed by atoms with Gasteiger partial charge in [-0.25, -0.2) is 35.4 Å². The van der Waals surface area contributed by atoms with Gasteiger partial charge in [0, 0.05) is 17.4 Å². The van der Waals surface area contributed by atoms with E-state index in [9.17, 15) is 30.2 Å². The van der Waals surface area contributed by atoms with Crippen LogP contribution in [0.1, 0.15) is 12.1 Å². The van der Waals surface area contributed by atoms with Gasteiger partial charge in [0.2, 0.25) is 10.0 Å². The molecule has 0 radical (unpaired) electrons. The van der Waals surface area contributed by atoms with Gasteiger partial charge < -0.3 is 4.55 Å². The Hall–Kier alpha value is -3.10. The van der Waals surface area contributed by atoms with E-state index < -0.39 is 43.2 Å². The number of benzene rings is 3. The molecule has 13 heteroatoms. The minimum absolute atomic E-state index is 0.0397. The third-order valence-electron chi connectivity index (χ3n) is 5.54. The Balaban J connectivity index is 1.88. The number of sulfone groups is 1. The molecule has 4 rings (SSSR count). The molecule has 2 N–H and O–H groups in total. The summed E-state index contributed by atoms with van der Waals surface area (Å²) in [5.41, 5.74) is 0.909. The molecule has 0 aliphatic rings. The molecule has 194 valence electrons. The molecule has 0 aliphatic carbocycles. The van der Waals surface area contributed by atoms with E-state index in [0.29, 0.717) is 16.1 Å². The molecule has 1 aromatic heterocycles. The highest BCUT2D eigenvalue weighted by Crippen LogP contribution is 2.34. The summed E-state index contributed by atoms with van der Waals surface area (Å²) in [4.78, 5) is 0.356. The van der Waals surface area contributed by atoms with Crippen molar-refractivity contribution in [3.8, 4) is 28.1 Å². The SMILES string of the molecule is C[S+]([O-])c1ccc(-c2ccc(-c3cc(C(F)F)nn3-c3ccc(S(C)(=O)=O)cc3)cc2S(N)(=O)=O)cc1. The Kier molecular flexibility index (Phi) is 7.27. The van der Waals surface area contributed by atoms with Crippen LogP contribution >= 0.6 is 0 Å². The smallest absolute Gasteiger partial charge is 0.282 e. The highest BCUT2D eigenvalue weighted by molar-refractivity contribution is 7.91. The topological polar surface area (TPSA) is 135 Å². The minimum Gasteiger partial charge on any atom is -0.612 e. The van der Waals surface area contributed by atoms with Crippen LogP contribution in [-0.2, 0) is 31.0 Å². The largest absolute Gasteiger partial charge is 0.612 e. The van der Waals surface area contributed by atoms with Crippen LogP contribution in [-0.4, -0.2) is 43.7 Å². The number of halogens is 2. The van der Waals surface area contributed by atoms with Gasteiger partial charge in [-0.15, -0.1) is 0 Å². The normalized spacial score (nSPS) is 13.2. The van der Waals surface area contributed by atoms with Gasteiger partial charge >= 0.3 is 0 Å². The molecule has 0 spiro atoms. The average molecular weight is 566 g/mol. The number of nitrogens with zero attached hydrogens (tertiary/aromatic N) is 2. The first-order valence-corrected chi connectivity index (χ1v) is 15.5. The van der Waals surface area contributed by atoms with E-state index in [1.165, 1.54) is 47.3 Å². The molecule has 1 unspecified atom stereocenters. The first-order valence-electron chi connectivity index (χ1n) is 10.6. The number of hydrogen-bond donors (Lipinski definition) is 1. The highest BCUT2D eigenvalue weighted by Gasteiger charge is 2.22. The number of primary sulfonamides is 1. The fourth-order valence-electron chi connectivity index (χ4n) is 3.72. The molecule has 0 saturated carbocycles. The Morgan fingerprint density at radius 3 is 2.03 bits per heavy atom. The summed E-state index contributed by atoms with van der Waals surface area (Å²) >= 11 is -1.22. The zero-order valence-electron chi connectivity index (χ0n) is 19.5. The quantitative estimate of drug-likeness (QED) is 0.337. The summed E-state index contributed by atoms with van der Waals surface area (Å²) in [6.07, 6.45) is -0.345. The van der Waals surface area contributed by atoms with E-state index >= 15 is 0 Å². The summed E-state index contributed by atoms with van der Waals surface area (Å²) in [6.45, 7) is 0. The predicted molar refractivity (Wildman–Crippen MR) is 136 cm³/mol.